The van der Waals surface area contributed by atoms with Crippen molar-refractivity contribution in [3.05, 3.63) is 77.2 Å². The molecule has 2 amide bonds. The van der Waals surface area contributed by atoms with Gasteiger partial charge in [0.25, 0.3) is 11.8 Å². The van der Waals surface area contributed by atoms with Gasteiger partial charge in [-0.3, -0.25) is 9.59 Å². The first-order chi connectivity index (χ1) is 14.7. The van der Waals surface area contributed by atoms with Crippen LogP contribution in [0.5, 0.6) is 5.75 Å². The van der Waals surface area contributed by atoms with Crippen LogP contribution >= 0.6 is 11.3 Å². The van der Waals surface area contributed by atoms with Gasteiger partial charge in [0.2, 0.25) is 0 Å². The molecule has 4 rings (SSSR count). The molecule has 2 N–H and O–H groups in total. The van der Waals surface area contributed by atoms with E-state index < -0.39 is 0 Å². The monoisotopic (exact) mass is 420 g/mol. The van der Waals surface area contributed by atoms with E-state index in [1.165, 1.54) is 22.3 Å². The number of nitrogens with one attached hydrogen (secondary N) is 2. The molecule has 0 atom stereocenters. The summed E-state index contributed by atoms with van der Waals surface area (Å²) >= 11 is 1.37. The van der Waals surface area contributed by atoms with Gasteiger partial charge in [-0.25, -0.2) is 4.68 Å². The van der Waals surface area contributed by atoms with Gasteiger partial charge in [0, 0.05) is 11.4 Å². The van der Waals surface area contributed by atoms with Crippen molar-refractivity contribution in [1.82, 2.24) is 20.2 Å². The van der Waals surface area contributed by atoms with Gasteiger partial charge in [-0.1, -0.05) is 6.07 Å². The third-order valence-electron chi connectivity index (χ3n) is 3.99. The lowest BCUT2D eigenvalue weighted by Gasteiger charge is -2.09. The number of ether oxygens (including phenoxy) is 1. The van der Waals surface area contributed by atoms with Gasteiger partial charge < -0.3 is 15.4 Å². The molecule has 0 aliphatic carbocycles. The third-order valence-corrected chi connectivity index (χ3v) is 4.86. The number of hydrogen-bond donors (Lipinski definition) is 2. The average molecular weight is 420 g/mol. The van der Waals surface area contributed by atoms with Gasteiger partial charge in [-0.05, 0) is 70.4 Å². The number of anilines is 2. The summed E-state index contributed by atoms with van der Waals surface area (Å²) in [6, 6.07) is 17.5. The lowest BCUT2D eigenvalue weighted by molar-refractivity contribution is -0.118. The van der Waals surface area contributed by atoms with Crippen LogP contribution in [0.4, 0.5) is 11.4 Å². The van der Waals surface area contributed by atoms with E-state index in [0.29, 0.717) is 22.0 Å². The Hall–Kier alpha value is -4.05. The van der Waals surface area contributed by atoms with Crippen molar-refractivity contribution in [2.75, 3.05) is 17.2 Å². The van der Waals surface area contributed by atoms with Gasteiger partial charge >= 0.3 is 0 Å². The van der Waals surface area contributed by atoms with Crippen LogP contribution in [0.2, 0.25) is 0 Å². The van der Waals surface area contributed by atoms with E-state index >= 15 is 0 Å². The summed E-state index contributed by atoms with van der Waals surface area (Å²) in [5.74, 6) is 0.0878. The number of aromatic nitrogens is 4. The Balaban J connectivity index is 1.26. The Labute approximate surface area is 175 Å². The maximum atomic E-state index is 12.1. The molecule has 4 aromatic rings. The van der Waals surface area contributed by atoms with E-state index in [1.807, 2.05) is 11.4 Å². The van der Waals surface area contributed by atoms with Crippen LogP contribution in [0.25, 0.3) is 5.69 Å². The molecule has 0 aliphatic heterocycles. The molecule has 2 aromatic carbocycles. The molecule has 2 heterocycles. The number of amides is 2. The predicted molar refractivity (Wildman–Crippen MR) is 112 cm³/mol. The molecule has 0 saturated carbocycles. The number of carbonyl (C=O) groups excluding carboxylic acids is 2. The fourth-order valence-corrected chi connectivity index (χ4v) is 3.18. The van der Waals surface area contributed by atoms with Crippen molar-refractivity contribution in [3.8, 4) is 11.4 Å². The van der Waals surface area contributed by atoms with Crippen LogP contribution in [0.3, 0.4) is 0 Å². The average Bonchev–Trinajstić information content (AvgIpc) is 3.48. The zero-order valence-corrected chi connectivity index (χ0v) is 16.4. The number of tetrazole rings is 1. The Morgan fingerprint density at radius 2 is 1.70 bits per heavy atom. The topological polar surface area (TPSA) is 111 Å². The van der Waals surface area contributed by atoms with E-state index in [-0.39, 0.29) is 18.4 Å². The number of nitrogens with zero attached hydrogens (tertiary/aromatic N) is 4. The Kier molecular flexibility index (Phi) is 5.76. The minimum Gasteiger partial charge on any atom is -0.484 e. The first-order valence-electron chi connectivity index (χ1n) is 8.88. The molecule has 0 bridgehead atoms. The van der Waals surface area contributed by atoms with Crippen LogP contribution in [-0.2, 0) is 4.79 Å². The lowest BCUT2D eigenvalue weighted by Crippen LogP contribution is -2.20. The molecule has 0 aliphatic rings. The quantitative estimate of drug-likeness (QED) is 0.475. The van der Waals surface area contributed by atoms with E-state index in [4.69, 9.17) is 4.74 Å². The minimum atomic E-state index is -0.296. The van der Waals surface area contributed by atoms with E-state index in [2.05, 4.69) is 26.2 Å². The number of hydrogen-bond acceptors (Lipinski definition) is 7. The van der Waals surface area contributed by atoms with Gasteiger partial charge in [0.15, 0.2) is 6.61 Å². The van der Waals surface area contributed by atoms with Crippen LogP contribution in [0, 0.1) is 0 Å². The highest BCUT2D eigenvalue weighted by Crippen LogP contribution is 2.17. The molecule has 0 spiro atoms. The number of rotatable bonds is 7. The molecule has 0 saturated heterocycles. The molecule has 0 fully saturated rings. The predicted octanol–water partition coefficient (Wildman–Crippen LogP) is 2.99. The summed E-state index contributed by atoms with van der Waals surface area (Å²) in [6.45, 7) is -0.138. The first-order valence-corrected chi connectivity index (χ1v) is 9.76. The maximum absolute atomic E-state index is 12.1. The van der Waals surface area contributed by atoms with E-state index in [9.17, 15) is 9.59 Å². The summed E-state index contributed by atoms with van der Waals surface area (Å²) < 4.78 is 7.02. The van der Waals surface area contributed by atoms with Crippen molar-refractivity contribution in [2.45, 2.75) is 0 Å². The fraction of sp³-hybridized carbons (Fsp3) is 0.0500. The second-order valence-electron chi connectivity index (χ2n) is 6.09. The van der Waals surface area contributed by atoms with Crippen LogP contribution < -0.4 is 15.4 Å². The van der Waals surface area contributed by atoms with E-state index in [0.717, 1.165) is 5.69 Å². The summed E-state index contributed by atoms with van der Waals surface area (Å²) in [4.78, 5) is 24.8. The SMILES string of the molecule is O=C(COc1ccc(-n2cnnn2)cc1)Nc1ccc(NC(=O)c2cccs2)cc1. The summed E-state index contributed by atoms with van der Waals surface area (Å²) in [6.07, 6.45) is 1.49. The molecule has 150 valence electrons. The normalized spacial score (nSPS) is 10.4. The molecule has 10 heteroatoms. The standard InChI is InChI=1S/C20H16N6O3S/c27-19(12-29-17-9-7-16(8-10-17)26-13-21-24-25-26)22-14-3-5-15(6-4-14)23-20(28)18-2-1-11-30-18/h1-11,13H,12H2,(H,22,27)(H,23,28). The van der Waals surface area contributed by atoms with Crippen LogP contribution in [0.15, 0.2) is 72.4 Å². The van der Waals surface area contributed by atoms with Crippen molar-refractivity contribution >= 4 is 34.5 Å². The van der Waals surface area contributed by atoms with Crippen LogP contribution in [0.1, 0.15) is 9.67 Å². The van der Waals surface area contributed by atoms with Gasteiger partial charge in [0.05, 0.1) is 10.6 Å². The number of benzene rings is 2. The molecular formula is C20H16N6O3S. The molecule has 0 unspecified atom stereocenters. The molecule has 2 aromatic heterocycles. The highest BCUT2D eigenvalue weighted by Gasteiger charge is 2.08. The highest BCUT2D eigenvalue weighted by atomic mass is 32.1. The van der Waals surface area contributed by atoms with Crippen molar-refractivity contribution < 1.29 is 14.3 Å². The molecule has 30 heavy (non-hydrogen) atoms. The Morgan fingerprint density at radius 3 is 2.33 bits per heavy atom. The number of carbonyl (C=O) groups is 2. The van der Waals surface area contributed by atoms with Gasteiger partial charge in [-0.15, -0.1) is 16.4 Å². The second kappa shape index (κ2) is 8.97. The summed E-state index contributed by atoms with van der Waals surface area (Å²) in [7, 11) is 0. The van der Waals surface area contributed by atoms with Gasteiger partial charge in [-0.2, -0.15) is 0 Å². The lowest BCUT2D eigenvalue weighted by atomic mass is 10.2. The first kappa shape index (κ1) is 19.3. The van der Waals surface area contributed by atoms with Crippen molar-refractivity contribution in [1.29, 1.82) is 0 Å². The Bertz CT molecular complexity index is 1110. The highest BCUT2D eigenvalue weighted by molar-refractivity contribution is 7.12. The second-order valence-corrected chi connectivity index (χ2v) is 7.04. The summed E-state index contributed by atoms with van der Waals surface area (Å²) in [5, 5.41) is 18.4. The van der Waals surface area contributed by atoms with Gasteiger partial charge in [0.1, 0.15) is 12.1 Å². The molecule has 9 nitrogen and oxygen atoms in total. The minimum absolute atomic E-state index is 0.138. The van der Waals surface area contributed by atoms with E-state index in [1.54, 1.807) is 54.6 Å². The number of thiophene rings is 1. The zero-order valence-electron chi connectivity index (χ0n) is 15.6. The molecule has 0 radical (unpaired) electrons. The smallest absolute Gasteiger partial charge is 0.265 e. The maximum Gasteiger partial charge on any atom is 0.265 e. The summed E-state index contributed by atoms with van der Waals surface area (Å²) in [5.41, 5.74) is 2.03. The molecular weight excluding hydrogens is 404 g/mol. The Morgan fingerprint density at radius 1 is 0.967 bits per heavy atom. The van der Waals surface area contributed by atoms with Crippen LogP contribution in [-0.4, -0.2) is 38.6 Å². The fourth-order valence-electron chi connectivity index (χ4n) is 2.56. The van der Waals surface area contributed by atoms with Crippen molar-refractivity contribution in [2.24, 2.45) is 0 Å². The zero-order chi connectivity index (χ0) is 20.8. The third kappa shape index (κ3) is 4.86. The van der Waals surface area contributed by atoms with Crippen molar-refractivity contribution in [3.63, 3.8) is 0 Å². The largest absolute Gasteiger partial charge is 0.484 e.